The van der Waals surface area contributed by atoms with Crippen LogP contribution in [0.1, 0.15) is 37.7 Å². The van der Waals surface area contributed by atoms with E-state index in [9.17, 15) is 9.50 Å². The van der Waals surface area contributed by atoms with Gasteiger partial charge in [-0.05, 0) is 36.6 Å². The normalized spacial score (nSPS) is 20.2. The molecule has 1 N–H and O–H groups in total. The Labute approximate surface area is 118 Å². The van der Waals surface area contributed by atoms with Gasteiger partial charge in [0.05, 0.1) is 11.7 Å². The minimum atomic E-state index is -0.655. The van der Waals surface area contributed by atoms with Crippen LogP contribution in [0.2, 0.25) is 5.02 Å². The van der Waals surface area contributed by atoms with Gasteiger partial charge in [-0.3, -0.25) is 0 Å². The Hall–Kier alpha value is -0.640. The van der Waals surface area contributed by atoms with Crippen molar-refractivity contribution in [2.45, 2.75) is 50.2 Å². The van der Waals surface area contributed by atoms with Crippen molar-refractivity contribution in [1.82, 2.24) is 0 Å². The summed E-state index contributed by atoms with van der Waals surface area (Å²) in [7, 11) is 1.64. The number of aliphatic hydroxyl groups is 1. The van der Waals surface area contributed by atoms with Crippen molar-refractivity contribution in [2.75, 3.05) is 7.11 Å². The highest BCUT2D eigenvalue weighted by molar-refractivity contribution is 6.31. The number of ether oxygens (including phenoxy) is 1. The van der Waals surface area contributed by atoms with E-state index < -0.39 is 11.7 Å². The molecule has 1 aliphatic rings. The Morgan fingerprint density at radius 1 is 1.37 bits per heavy atom. The van der Waals surface area contributed by atoms with E-state index in [-0.39, 0.29) is 5.82 Å². The van der Waals surface area contributed by atoms with E-state index in [2.05, 4.69) is 0 Å². The second kappa shape index (κ2) is 6.21. The van der Waals surface area contributed by atoms with Gasteiger partial charge in [0.15, 0.2) is 0 Å². The molecule has 1 saturated carbocycles. The monoisotopic (exact) mass is 286 g/mol. The lowest BCUT2D eigenvalue weighted by atomic mass is 9.78. The van der Waals surface area contributed by atoms with Crippen molar-refractivity contribution in [1.29, 1.82) is 0 Å². The molecule has 0 amide bonds. The van der Waals surface area contributed by atoms with Crippen LogP contribution in [0.5, 0.6) is 0 Å². The van der Waals surface area contributed by atoms with Crippen LogP contribution in [-0.2, 0) is 11.2 Å². The predicted octanol–water partition coefficient (Wildman–Crippen LogP) is 3.73. The number of aliphatic hydroxyl groups excluding tert-OH is 1. The highest BCUT2D eigenvalue weighted by atomic mass is 35.5. The van der Waals surface area contributed by atoms with E-state index in [1.54, 1.807) is 7.11 Å². The van der Waals surface area contributed by atoms with Crippen LogP contribution < -0.4 is 0 Å². The van der Waals surface area contributed by atoms with Gasteiger partial charge in [0.25, 0.3) is 0 Å². The quantitative estimate of drug-likeness (QED) is 0.914. The Morgan fingerprint density at radius 2 is 2.05 bits per heavy atom. The van der Waals surface area contributed by atoms with Crippen molar-refractivity contribution in [2.24, 2.45) is 0 Å². The third-order valence-electron chi connectivity index (χ3n) is 4.13. The van der Waals surface area contributed by atoms with E-state index in [4.69, 9.17) is 16.3 Å². The fraction of sp³-hybridized carbons (Fsp3) is 0.600. The molecule has 1 atom stereocenters. The van der Waals surface area contributed by atoms with Gasteiger partial charge in [0.1, 0.15) is 5.82 Å². The third-order valence-corrected chi connectivity index (χ3v) is 4.50. The molecule has 1 aromatic rings. The molecule has 0 bridgehead atoms. The molecule has 1 aliphatic carbocycles. The van der Waals surface area contributed by atoms with E-state index in [1.807, 2.05) is 0 Å². The number of benzene rings is 1. The van der Waals surface area contributed by atoms with Crippen LogP contribution in [0, 0.1) is 5.82 Å². The second-order valence-electron chi connectivity index (χ2n) is 5.29. The number of halogens is 2. The number of hydrogen-bond donors (Lipinski definition) is 1. The van der Waals surface area contributed by atoms with Crippen LogP contribution >= 0.6 is 11.6 Å². The smallest absolute Gasteiger partial charge is 0.123 e. The van der Waals surface area contributed by atoms with Crippen molar-refractivity contribution in [3.05, 3.63) is 34.6 Å². The first kappa shape index (κ1) is 14.8. The van der Waals surface area contributed by atoms with Crippen LogP contribution in [0.4, 0.5) is 4.39 Å². The summed E-state index contributed by atoms with van der Waals surface area (Å²) >= 11 is 6.05. The summed E-state index contributed by atoms with van der Waals surface area (Å²) in [5.41, 5.74) is 0.129. The van der Waals surface area contributed by atoms with E-state index in [0.29, 0.717) is 17.0 Å². The molecule has 0 saturated heterocycles. The maximum atomic E-state index is 13.2. The molecule has 0 radical (unpaired) electrons. The van der Waals surface area contributed by atoms with Crippen molar-refractivity contribution < 1.29 is 14.2 Å². The molecule has 2 nitrogen and oxygen atoms in total. The molecular weight excluding hydrogens is 267 g/mol. The minimum Gasteiger partial charge on any atom is -0.390 e. The maximum absolute atomic E-state index is 13.2. The molecule has 4 heteroatoms. The predicted molar refractivity (Wildman–Crippen MR) is 73.9 cm³/mol. The average molecular weight is 287 g/mol. The highest BCUT2D eigenvalue weighted by Gasteiger charge is 2.39. The van der Waals surface area contributed by atoms with Crippen LogP contribution in [0.3, 0.4) is 0 Å². The third kappa shape index (κ3) is 3.28. The molecule has 106 valence electrons. The number of methoxy groups -OCH3 is 1. The van der Waals surface area contributed by atoms with Crippen LogP contribution in [-0.4, -0.2) is 23.9 Å². The molecule has 0 heterocycles. The van der Waals surface area contributed by atoms with Crippen molar-refractivity contribution in [3.8, 4) is 0 Å². The molecule has 19 heavy (non-hydrogen) atoms. The summed E-state index contributed by atoms with van der Waals surface area (Å²) in [6.45, 7) is 0. The zero-order valence-electron chi connectivity index (χ0n) is 11.2. The van der Waals surface area contributed by atoms with Gasteiger partial charge < -0.3 is 9.84 Å². The van der Waals surface area contributed by atoms with Gasteiger partial charge in [0.2, 0.25) is 0 Å². The fourth-order valence-corrected chi connectivity index (χ4v) is 3.11. The molecular formula is C15H20ClFO2. The summed E-state index contributed by atoms with van der Waals surface area (Å²) in [4.78, 5) is 0. The van der Waals surface area contributed by atoms with Gasteiger partial charge in [-0.25, -0.2) is 4.39 Å². The molecule has 0 aromatic heterocycles. The Bertz CT molecular complexity index is 430. The molecule has 1 unspecified atom stereocenters. The van der Waals surface area contributed by atoms with Gasteiger partial charge in [-0.2, -0.15) is 0 Å². The Balaban J connectivity index is 2.14. The van der Waals surface area contributed by atoms with Crippen LogP contribution in [0.25, 0.3) is 0 Å². The maximum Gasteiger partial charge on any atom is 0.123 e. The SMILES string of the molecule is COC1(C(O)Cc2cc(F)ccc2Cl)CCCCC1. The topological polar surface area (TPSA) is 29.5 Å². The molecule has 0 spiro atoms. The van der Waals surface area contributed by atoms with Gasteiger partial charge in [0, 0.05) is 18.6 Å². The first-order valence-electron chi connectivity index (χ1n) is 6.74. The summed E-state index contributed by atoms with van der Waals surface area (Å²) in [5.74, 6) is -0.332. The first-order chi connectivity index (χ1) is 9.07. The molecule has 1 fully saturated rings. The first-order valence-corrected chi connectivity index (χ1v) is 7.12. The minimum absolute atomic E-state index is 0.324. The molecule has 1 aromatic carbocycles. The van der Waals surface area contributed by atoms with Crippen molar-refractivity contribution >= 4 is 11.6 Å². The zero-order valence-corrected chi connectivity index (χ0v) is 11.9. The van der Waals surface area contributed by atoms with Gasteiger partial charge >= 0.3 is 0 Å². The zero-order chi connectivity index (χ0) is 13.9. The van der Waals surface area contributed by atoms with E-state index >= 15 is 0 Å². The lowest BCUT2D eigenvalue weighted by molar-refractivity contribution is -0.122. The molecule has 0 aliphatic heterocycles. The van der Waals surface area contributed by atoms with Gasteiger partial charge in [-0.1, -0.05) is 30.9 Å². The average Bonchev–Trinajstić information content (AvgIpc) is 2.43. The number of hydrogen-bond acceptors (Lipinski definition) is 2. The molecule has 2 rings (SSSR count). The van der Waals surface area contributed by atoms with E-state index in [0.717, 1.165) is 25.7 Å². The lowest BCUT2D eigenvalue weighted by Crippen LogP contribution is -2.46. The van der Waals surface area contributed by atoms with E-state index in [1.165, 1.54) is 24.6 Å². The second-order valence-corrected chi connectivity index (χ2v) is 5.69. The largest absolute Gasteiger partial charge is 0.390 e. The summed E-state index contributed by atoms with van der Waals surface area (Å²) in [5, 5.41) is 11.0. The fourth-order valence-electron chi connectivity index (χ4n) is 2.92. The Kier molecular flexibility index (Phi) is 4.82. The van der Waals surface area contributed by atoms with Crippen molar-refractivity contribution in [3.63, 3.8) is 0 Å². The Morgan fingerprint density at radius 3 is 2.68 bits per heavy atom. The highest BCUT2D eigenvalue weighted by Crippen LogP contribution is 2.36. The van der Waals surface area contributed by atoms with Gasteiger partial charge in [-0.15, -0.1) is 0 Å². The summed E-state index contributed by atoms with van der Waals surface area (Å²) in [6.07, 6.45) is 4.65. The summed E-state index contributed by atoms with van der Waals surface area (Å²) < 4.78 is 18.8. The van der Waals surface area contributed by atoms with Crippen LogP contribution in [0.15, 0.2) is 18.2 Å². The summed E-state index contributed by atoms with van der Waals surface area (Å²) in [6, 6.07) is 4.24. The lowest BCUT2D eigenvalue weighted by Gasteiger charge is -2.40. The standard InChI is InChI=1S/C15H20ClFO2/c1-19-15(7-3-2-4-8-15)14(18)10-11-9-12(17)5-6-13(11)16/h5-6,9,14,18H,2-4,7-8,10H2,1H3. The number of rotatable bonds is 4.